The summed E-state index contributed by atoms with van der Waals surface area (Å²) in [7, 11) is 0. The van der Waals surface area contributed by atoms with Gasteiger partial charge in [-0.1, -0.05) is 12.1 Å². The Morgan fingerprint density at radius 2 is 1.76 bits per heavy atom. The van der Waals surface area contributed by atoms with Gasteiger partial charge in [0.15, 0.2) is 6.29 Å². The van der Waals surface area contributed by atoms with Gasteiger partial charge < -0.3 is 20.1 Å². The van der Waals surface area contributed by atoms with E-state index >= 15 is 0 Å². The van der Waals surface area contributed by atoms with Crippen molar-refractivity contribution in [2.75, 3.05) is 25.1 Å². The van der Waals surface area contributed by atoms with Gasteiger partial charge >= 0.3 is 0 Å². The number of benzene rings is 1. The normalized spacial score (nSPS) is 11.0. The van der Waals surface area contributed by atoms with Crippen LogP contribution in [0.5, 0.6) is 0 Å². The maximum absolute atomic E-state index is 12.3. The smallest absolute Gasteiger partial charge is 0.253 e. The van der Waals surface area contributed by atoms with Gasteiger partial charge in [0.2, 0.25) is 0 Å². The summed E-state index contributed by atoms with van der Waals surface area (Å²) in [4.78, 5) is 12.3. The first kappa shape index (κ1) is 17.5. The van der Waals surface area contributed by atoms with Gasteiger partial charge in [-0.25, -0.2) is 0 Å². The number of hydrogen-bond acceptors (Lipinski definition) is 4. The second-order valence-corrected chi connectivity index (χ2v) is 4.89. The molecule has 0 aliphatic carbocycles. The fourth-order valence-corrected chi connectivity index (χ4v) is 1.93. The van der Waals surface area contributed by atoms with Crippen LogP contribution in [0, 0.1) is 0 Å². The molecule has 1 rings (SSSR count). The molecule has 0 unspecified atom stereocenters. The van der Waals surface area contributed by atoms with E-state index < -0.39 is 6.29 Å². The minimum Gasteiger partial charge on any atom is -0.382 e. The lowest BCUT2D eigenvalue weighted by Gasteiger charge is -2.18. The van der Waals surface area contributed by atoms with E-state index in [1.807, 2.05) is 45.9 Å². The third-order valence-corrected chi connectivity index (χ3v) is 2.75. The van der Waals surface area contributed by atoms with Crippen molar-refractivity contribution < 1.29 is 14.3 Å². The SMILES string of the molecule is CCOC(CNC(=O)c1ccccc1NC(C)C)OCC. The van der Waals surface area contributed by atoms with Crippen molar-refractivity contribution in [2.45, 2.75) is 40.0 Å². The van der Waals surface area contributed by atoms with E-state index in [0.29, 0.717) is 25.3 Å². The minimum absolute atomic E-state index is 0.136. The zero-order chi connectivity index (χ0) is 15.7. The summed E-state index contributed by atoms with van der Waals surface area (Å²) in [6.45, 7) is 9.30. The Hall–Kier alpha value is -1.59. The predicted molar refractivity (Wildman–Crippen MR) is 84.6 cm³/mol. The number of amides is 1. The number of hydrogen-bond donors (Lipinski definition) is 2. The highest BCUT2D eigenvalue weighted by Crippen LogP contribution is 2.15. The van der Waals surface area contributed by atoms with Gasteiger partial charge in [-0.2, -0.15) is 0 Å². The number of nitrogens with one attached hydrogen (secondary N) is 2. The summed E-state index contributed by atoms with van der Waals surface area (Å²) in [5, 5.41) is 6.12. The Morgan fingerprint density at radius 1 is 1.14 bits per heavy atom. The molecule has 118 valence electrons. The molecule has 0 heterocycles. The molecule has 0 atom stereocenters. The zero-order valence-electron chi connectivity index (χ0n) is 13.3. The number of carbonyl (C=O) groups is 1. The van der Waals surface area contributed by atoms with Gasteiger partial charge in [0, 0.05) is 24.9 Å². The maximum Gasteiger partial charge on any atom is 0.253 e. The van der Waals surface area contributed by atoms with E-state index in [9.17, 15) is 4.79 Å². The molecule has 0 saturated heterocycles. The van der Waals surface area contributed by atoms with Gasteiger partial charge in [0.1, 0.15) is 0 Å². The van der Waals surface area contributed by atoms with Crippen LogP contribution in [0.1, 0.15) is 38.1 Å². The Morgan fingerprint density at radius 3 is 2.33 bits per heavy atom. The van der Waals surface area contributed by atoms with Crippen molar-refractivity contribution in [1.82, 2.24) is 5.32 Å². The molecule has 1 aromatic rings. The molecule has 0 radical (unpaired) electrons. The second kappa shape index (κ2) is 9.37. The van der Waals surface area contributed by atoms with E-state index in [-0.39, 0.29) is 11.9 Å². The van der Waals surface area contributed by atoms with Crippen molar-refractivity contribution in [3.05, 3.63) is 29.8 Å². The van der Waals surface area contributed by atoms with Crippen LogP contribution in [0.4, 0.5) is 5.69 Å². The molecule has 1 aromatic carbocycles. The molecule has 2 N–H and O–H groups in total. The van der Waals surface area contributed by atoms with Crippen molar-refractivity contribution in [2.24, 2.45) is 0 Å². The van der Waals surface area contributed by atoms with Gasteiger partial charge in [0.05, 0.1) is 12.1 Å². The van der Waals surface area contributed by atoms with Crippen LogP contribution in [0.3, 0.4) is 0 Å². The van der Waals surface area contributed by atoms with Gasteiger partial charge in [-0.3, -0.25) is 4.79 Å². The average molecular weight is 294 g/mol. The van der Waals surface area contributed by atoms with Crippen molar-refractivity contribution in [3.63, 3.8) is 0 Å². The first-order valence-corrected chi connectivity index (χ1v) is 7.45. The van der Waals surface area contributed by atoms with Crippen LogP contribution in [0.25, 0.3) is 0 Å². The average Bonchev–Trinajstić information content (AvgIpc) is 2.45. The molecular weight excluding hydrogens is 268 g/mol. The summed E-state index contributed by atoms with van der Waals surface area (Å²) >= 11 is 0. The van der Waals surface area contributed by atoms with Crippen LogP contribution in [0.2, 0.25) is 0 Å². The number of anilines is 1. The third-order valence-electron chi connectivity index (χ3n) is 2.75. The Kier molecular flexibility index (Phi) is 7.79. The summed E-state index contributed by atoms with van der Waals surface area (Å²) in [6.07, 6.45) is -0.408. The number of rotatable bonds is 9. The van der Waals surface area contributed by atoms with Crippen molar-refractivity contribution in [1.29, 1.82) is 0 Å². The molecule has 0 bridgehead atoms. The quantitative estimate of drug-likeness (QED) is 0.687. The molecule has 1 amide bonds. The lowest BCUT2D eigenvalue weighted by Crippen LogP contribution is -2.35. The summed E-state index contributed by atoms with van der Waals surface area (Å²) in [5.74, 6) is -0.136. The fraction of sp³-hybridized carbons (Fsp3) is 0.562. The molecule has 0 spiro atoms. The van der Waals surface area contributed by atoms with E-state index in [1.54, 1.807) is 6.07 Å². The number of ether oxygens (including phenoxy) is 2. The van der Waals surface area contributed by atoms with Crippen LogP contribution < -0.4 is 10.6 Å². The van der Waals surface area contributed by atoms with Crippen molar-refractivity contribution in [3.8, 4) is 0 Å². The topological polar surface area (TPSA) is 59.6 Å². The Balaban J connectivity index is 2.66. The number of para-hydroxylation sites is 1. The van der Waals surface area contributed by atoms with Crippen LogP contribution in [0.15, 0.2) is 24.3 Å². The second-order valence-electron chi connectivity index (χ2n) is 4.89. The molecule has 5 heteroatoms. The van der Waals surface area contributed by atoms with E-state index in [4.69, 9.17) is 9.47 Å². The molecule has 5 nitrogen and oxygen atoms in total. The molecule has 21 heavy (non-hydrogen) atoms. The highest BCUT2D eigenvalue weighted by molar-refractivity contribution is 5.99. The third kappa shape index (κ3) is 6.14. The fourth-order valence-electron chi connectivity index (χ4n) is 1.93. The molecule has 0 saturated carbocycles. The van der Waals surface area contributed by atoms with Crippen LogP contribution >= 0.6 is 0 Å². The van der Waals surface area contributed by atoms with Crippen LogP contribution in [-0.4, -0.2) is 38.0 Å². The minimum atomic E-state index is -0.408. The molecule has 0 fully saturated rings. The summed E-state index contributed by atoms with van der Waals surface area (Å²) < 4.78 is 10.8. The van der Waals surface area contributed by atoms with Crippen LogP contribution in [-0.2, 0) is 9.47 Å². The highest BCUT2D eigenvalue weighted by atomic mass is 16.7. The van der Waals surface area contributed by atoms with E-state index in [1.165, 1.54) is 0 Å². The van der Waals surface area contributed by atoms with Crippen molar-refractivity contribution >= 4 is 11.6 Å². The summed E-state index contributed by atoms with van der Waals surface area (Å²) in [6, 6.07) is 7.72. The van der Waals surface area contributed by atoms with E-state index in [0.717, 1.165) is 5.69 Å². The molecule has 0 aliphatic rings. The first-order chi connectivity index (χ1) is 10.1. The predicted octanol–water partition coefficient (Wildman–Crippen LogP) is 2.64. The van der Waals surface area contributed by atoms with E-state index in [2.05, 4.69) is 10.6 Å². The molecular formula is C16H26N2O3. The Labute approximate surface area is 127 Å². The first-order valence-electron chi connectivity index (χ1n) is 7.45. The lowest BCUT2D eigenvalue weighted by molar-refractivity contribution is -0.131. The summed E-state index contributed by atoms with van der Waals surface area (Å²) in [5.41, 5.74) is 1.45. The lowest BCUT2D eigenvalue weighted by atomic mass is 10.1. The Bertz CT molecular complexity index is 429. The number of carbonyl (C=O) groups excluding carboxylic acids is 1. The van der Waals surface area contributed by atoms with Gasteiger partial charge in [0.25, 0.3) is 5.91 Å². The highest BCUT2D eigenvalue weighted by Gasteiger charge is 2.14. The molecule has 0 aliphatic heterocycles. The largest absolute Gasteiger partial charge is 0.382 e. The standard InChI is InChI=1S/C16H26N2O3/c1-5-20-15(21-6-2)11-17-16(19)13-9-7-8-10-14(13)18-12(3)4/h7-10,12,15,18H,5-6,11H2,1-4H3,(H,17,19). The zero-order valence-corrected chi connectivity index (χ0v) is 13.3. The maximum atomic E-state index is 12.3. The monoisotopic (exact) mass is 294 g/mol. The molecule has 0 aromatic heterocycles. The van der Waals surface area contributed by atoms with Gasteiger partial charge in [-0.05, 0) is 39.8 Å². The van der Waals surface area contributed by atoms with Gasteiger partial charge in [-0.15, -0.1) is 0 Å².